The highest BCUT2D eigenvalue weighted by Gasteiger charge is 2.09. The lowest BCUT2D eigenvalue weighted by Gasteiger charge is -2.17. The zero-order valence-electron chi connectivity index (χ0n) is 9.71. The van der Waals surface area contributed by atoms with Crippen molar-refractivity contribution in [3.8, 4) is 0 Å². The molecule has 5 heteroatoms. The van der Waals surface area contributed by atoms with Gasteiger partial charge in [0, 0.05) is 17.7 Å². The molecule has 0 aromatic carbocycles. The molecule has 0 aliphatic heterocycles. The monoisotopic (exact) mass is 233 g/mol. The molecule has 90 valence electrons. The topological polar surface area (TPSA) is 81.1 Å². The summed E-state index contributed by atoms with van der Waals surface area (Å²) in [7, 11) is 0. The van der Waals surface area contributed by atoms with Crippen molar-refractivity contribution in [3.05, 3.63) is 0 Å². The molecule has 4 nitrogen and oxygen atoms in total. The van der Waals surface area contributed by atoms with Gasteiger partial charge in [-0.15, -0.1) is 0 Å². The zero-order valence-corrected chi connectivity index (χ0v) is 10.5. The summed E-state index contributed by atoms with van der Waals surface area (Å²) >= 11 is 1.87. The quantitative estimate of drug-likeness (QED) is 0.253. The summed E-state index contributed by atoms with van der Waals surface area (Å²) in [5.74, 6) is 6.99. The minimum absolute atomic E-state index is 0.0780. The average molecular weight is 233 g/mol. The van der Waals surface area contributed by atoms with Crippen molar-refractivity contribution in [1.29, 1.82) is 0 Å². The maximum Gasteiger partial charge on any atom is 0.233 e. The summed E-state index contributed by atoms with van der Waals surface area (Å²) in [6.45, 7) is 4.07. The van der Waals surface area contributed by atoms with Gasteiger partial charge in [0.25, 0.3) is 0 Å². The highest BCUT2D eigenvalue weighted by atomic mass is 32.2. The van der Waals surface area contributed by atoms with Gasteiger partial charge in [-0.05, 0) is 32.4 Å². The number of nitrogens with two attached hydrogens (primary N) is 2. The van der Waals surface area contributed by atoms with Gasteiger partial charge >= 0.3 is 0 Å². The Bertz CT molecular complexity index is 180. The van der Waals surface area contributed by atoms with E-state index in [2.05, 4.69) is 5.43 Å². The molecule has 0 spiro atoms. The number of unbranched alkanes of at least 4 members (excludes halogenated alkanes) is 2. The maximum atomic E-state index is 10.8. The van der Waals surface area contributed by atoms with Crippen molar-refractivity contribution < 1.29 is 4.79 Å². The highest BCUT2D eigenvalue weighted by molar-refractivity contribution is 7.99. The Morgan fingerprint density at radius 3 is 2.53 bits per heavy atom. The number of carbonyl (C=O) groups is 1. The Morgan fingerprint density at radius 1 is 1.33 bits per heavy atom. The van der Waals surface area contributed by atoms with Crippen LogP contribution in [0.3, 0.4) is 0 Å². The molecule has 0 aliphatic carbocycles. The van der Waals surface area contributed by atoms with Crippen LogP contribution in [0, 0.1) is 0 Å². The van der Waals surface area contributed by atoms with Crippen LogP contribution >= 0.6 is 11.8 Å². The van der Waals surface area contributed by atoms with Crippen molar-refractivity contribution in [2.45, 2.75) is 45.1 Å². The third-order valence-corrected chi connectivity index (χ3v) is 3.35. The lowest BCUT2D eigenvalue weighted by atomic mass is 10.1. The minimum Gasteiger partial charge on any atom is -0.325 e. The lowest BCUT2D eigenvalue weighted by molar-refractivity contribution is -0.121. The molecule has 0 saturated carbocycles. The predicted molar refractivity (Wildman–Crippen MR) is 66.4 cm³/mol. The largest absolute Gasteiger partial charge is 0.325 e. The first-order chi connectivity index (χ1) is 6.95. The van der Waals surface area contributed by atoms with E-state index in [9.17, 15) is 4.79 Å². The molecule has 0 fully saturated rings. The molecule has 0 bridgehead atoms. The smallest absolute Gasteiger partial charge is 0.233 e. The molecule has 15 heavy (non-hydrogen) atoms. The number of nitrogens with one attached hydrogen (secondary N) is 1. The highest BCUT2D eigenvalue weighted by Crippen LogP contribution is 2.12. The van der Waals surface area contributed by atoms with Crippen LogP contribution in [-0.4, -0.2) is 23.0 Å². The Balaban J connectivity index is 3.16. The number of hydrazine groups is 1. The van der Waals surface area contributed by atoms with Crippen LogP contribution in [0.5, 0.6) is 0 Å². The van der Waals surface area contributed by atoms with Gasteiger partial charge in [0.2, 0.25) is 5.91 Å². The normalized spacial score (nSPS) is 11.5. The Hall–Kier alpha value is -0.260. The van der Waals surface area contributed by atoms with Crippen molar-refractivity contribution >= 4 is 17.7 Å². The van der Waals surface area contributed by atoms with Gasteiger partial charge in [-0.25, -0.2) is 5.84 Å². The fraction of sp³-hybridized carbons (Fsp3) is 0.900. The fourth-order valence-electron chi connectivity index (χ4n) is 1.07. The van der Waals surface area contributed by atoms with Crippen molar-refractivity contribution in [1.82, 2.24) is 5.43 Å². The van der Waals surface area contributed by atoms with Gasteiger partial charge in [-0.1, -0.05) is 6.42 Å². The van der Waals surface area contributed by atoms with E-state index in [4.69, 9.17) is 11.6 Å². The zero-order chi connectivity index (χ0) is 11.7. The number of hydrogen-bond acceptors (Lipinski definition) is 4. The first kappa shape index (κ1) is 14.7. The van der Waals surface area contributed by atoms with E-state index in [0.717, 1.165) is 30.8 Å². The molecule has 5 N–H and O–H groups in total. The van der Waals surface area contributed by atoms with Gasteiger partial charge in [-0.3, -0.25) is 10.2 Å². The van der Waals surface area contributed by atoms with Crippen molar-refractivity contribution in [2.24, 2.45) is 11.6 Å². The van der Waals surface area contributed by atoms with Crippen LogP contribution < -0.4 is 17.0 Å². The van der Waals surface area contributed by atoms with Crippen LogP contribution in [0.25, 0.3) is 0 Å². The van der Waals surface area contributed by atoms with E-state index in [1.54, 1.807) is 0 Å². The van der Waals surface area contributed by atoms with Crippen molar-refractivity contribution in [2.75, 3.05) is 11.5 Å². The molecule has 0 atom stereocenters. The average Bonchev–Trinajstić information content (AvgIpc) is 2.14. The van der Waals surface area contributed by atoms with Gasteiger partial charge in [0.05, 0.1) is 0 Å². The second-order valence-electron chi connectivity index (χ2n) is 4.42. The molecule has 0 aliphatic rings. The lowest BCUT2D eigenvalue weighted by Crippen LogP contribution is -2.34. The summed E-state index contributed by atoms with van der Waals surface area (Å²) in [6.07, 6.45) is 3.66. The molecule has 0 saturated heterocycles. The van der Waals surface area contributed by atoms with E-state index >= 15 is 0 Å². The van der Waals surface area contributed by atoms with E-state index in [0.29, 0.717) is 6.42 Å². The van der Waals surface area contributed by atoms with E-state index in [1.807, 2.05) is 25.6 Å². The fourth-order valence-corrected chi connectivity index (χ4v) is 2.15. The second kappa shape index (κ2) is 7.96. The SMILES string of the molecule is CC(C)(N)CSCCCCCC(=O)NN. The summed E-state index contributed by atoms with van der Waals surface area (Å²) in [4.78, 5) is 10.8. The molecular formula is C10H23N3OS. The number of carbonyl (C=O) groups excluding carboxylic acids is 1. The number of hydrogen-bond donors (Lipinski definition) is 3. The first-order valence-electron chi connectivity index (χ1n) is 5.32. The molecular weight excluding hydrogens is 210 g/mol. The molecule has 0 aromatic rings. The standard InChI is InChI=1S/C10H23N3OS/c1-10(2,11)8-15-7-5-3-4-6-9(14)13-12/h3-8,11-12H2,1-2H3,(H,13,14). The summed E-state index contributed by atoms with van der Waals surface area (Å²) < 4.78 is 0. The third kappa shape index (κ3) is 11.7. The molecule has 0 radical (unpaired) electrons. The Morgan fingerprint density at radius 2 is 2.00 bits per heavy atom. The molecule has 0 unspecified atom stereocenters. The van der Waals surface area contributed by atoms with Gasteiger partial charge in [-0.2, -0.15) is 11.8 Å². The third-order valence-electron chi connectivity index (χ3n) is 1.83. The van der Waals surface area contributed by atoms with Crippen LogP contribution in [0.15, 0.2) is 0 Å². The minimum atomic E-state index is -0.0793. The van der Waals surface area contributed by atoms with Crippen LogP contribution in [0.4, 0.5) is 0 Å². The van der Waals surface area contributed by atoms with E-state index < -0.39 is 0 Å². The number of rotatable bonds is 8. The Labute approximate surface area is 96.5 Å². The molecule has 1 amide bonds. The van der Waals surface area contributed by atoms with Crippen molar-refractivity contribution in [3.63, 3.8) is 0 Å². The number of amides is 1. The molecule has 0 rings (SSSR count). The maximum absolute atomic E-state index is 10.8. The van der Waals surface area contributed by atoms with Gasteiger partial charge in [0.1, 0.15) is 0 Å². The molecule has 0 heterocycles. The summed E-state index contributed by atoms with van der Waals surface area (Å²) in [6, 6.07) is 0. The van der Waals surface area contributed by atoms with E-state index in [1.165, 1.54) is 0 Å². The Kier molecular flexibility index (Phi) is 7.82. The van der Waals surface area contributed by atoms with Gasteiger partial charge < -0.3 is 5.73 Å². The second-order valence-corrected chi connectivity index (χ2v) is 5.52. The van der Waals surface area contributed by atoms with E-state index in [-0.39, 0.29) is 11.4 Å². The number of thioether (sulfide) groups is 1. The first-order valence-corrected chi connectivity index (χ1v) is 6.47. The van der Waals surface area contributed by atoms with Crippen LogP contribution in [0.1, 0.15) is 39.5 Å². The summed E-state index contributed by atoms with van der Waals surface area (Å²) in [5.41, 5.74) is 7.89. The predicted octanol–water partition coefficient (Wildman–Crippen LogP) is 1.01. The van der Waals surface area contributed by atoms with Crippen LogP contribution in [0.2, 0.25) is 0 Å². The molecule has 0 aromatic heterocycles. The van der Waals surface area contributed by atoms with Gasteiger partial charge in [0.15, 0.2) is 0 Å². The summed E-state index contributed by atoms with van der Waals surface area (Å²) in [5, 5.41) is 0. The van der Waals surface area contributed by atoms with Crippen LogP contribution in [-0.2, 0) is 4.79 Å².